The summed E-state index contributed by atoms with van der Waals surface area (Å²) < 4.78 is 0. The van der Waals surface area contributed by atoms with Gasteiger partial charge < -0.3 is 16.0 Å². The topological polar surface area (TPSA) is 102 Å². The second-order valence-corrected chi connectivity index (χ2v) is 4.87. The number of nitro benzene ring substituents is 1. The summed E-state index contributed by atoms with van der Waals surface area (Å²) in [5.74, 6) is -0.170. The van der Waals surface area contributed by atoms with Crippen LogP contribution in [0.15, 0.2) is 18.2 Å². The van der Waals surface area contributed by atoms with Crippen LogP contribution >= 0.6 is 0 Å². The van der Waals surface area contributed by atoms with Crippen LogP contribution in [0.1, 0.15) is 12.8 Å². The van der Waals surface area contributed by atoms with Crippen LogP contribution in [0.2, 0.25) is 0 Å². The van der Waals surface area contributed by atoms with Gasteiger partial charge in [0.2, 0.25) is 5.91 Å². The van der Waals surface area contributed by atoms with Gasteiger partial charge >= 0.3 is 5.69 Å². The van der Waals surface area contributed by atoms with Crippen LogP contribution in [-0.4, -0.2) is 31.0 Å². The number of rotatable bonds is 3. The van der Waals surface area contributed by atoms with Gasteiger partial charge in [-0.15, -0.1) is 0 Å². The summed E-state index contributed by atoms with van der Waals surface area (Å²) >= 11 is 0. The van der Waals surface area contributed by atoms with E-state index in [9.17, 15) is 14.9 Å². The Kier molecular flexibility index (Phi) is 4.07. The molecule has 0 saturated carbocycles. The number of nitrogen functional groups attached to an aromatic ring is 1. The van der Waals surface area contributed by atoms with E-state index in [1.165, 1.54) is 6.07 Å². The third kappa shape index (κ3) is 2.66. The number of benzene rings is 1. The van der Waals surface area contributed by atoms with Crippen molar-refractivity contribution in [2.45, 2.75) is 12.8 Å². The maximum Gasteiger partial charge on any atom is 0.315 e. The van der Waals surface area contributed by atoms with Crippen molar-refractivity contribution in [1.82, 2.24) is 5.32 Å². The van der Waals surface area contributed by atoms with Crippen LogP contribution in [0.4, 0.5) is 17.1 Å². The average molecular weight is 278 g/mol. The van der Waals surface area contributed by atoms with Gasteiger partial charge in [-0.25, -0.2) is 0 Å². The van der Waals surface area contributed by atoms with E-state index < -0.39 is 4.92 Å². The van der Waals surface area contributed by atoms with Gasteiger partial charge in [-0.05, 0) is 25.0 Å². The number of amides is 1. The molecule has 108 valence electrons. The van der Waals surface area contributed by atoms with Crippen molar-refractivity contribution in [3.05, 3.63) is 28.3 Å². The predicted octanol–water partition coefficient (Wildman–Crippen LogP) is 1.14. The van der Waals surface area contributed by atoms with Crippen LogP contribution in [0.5, 0.6) is 0 Å². The van der Waals surface area contributed by atoms with Gasteiger partial charge in [0.1, 0.15) is 11.4 Å². The first-order valence-electron chi connectivity index (χ1n) is 6.54. The highest BCUT2D eigenvalue weighted by Gasteiger charge is 2.29. The predicted molar refractivity (Wildman–Crippen MR) is 76.5 cm³/mol. The third-order valence-electron chi connectivity index (χ3n) is 3.61. The normalized spacial score (nSPS) is 18.6. The van der Waals surface area contributed by atoms with Crippen LogP contribution in [0.3, 0.4) is 0 Å². The molecule has 1 heterocycles. The molecule has 0 aliphatic carbocycles. The van der Waals surface area contributed by atoms with Crippen molar-refractivity contribution in [2.75, 3.05) is 30.8 Å². The quantitative estimate of drug-likeness (QED) is 0.490. The molecule has 3 N–H and O–H groups in total. The van der Waals surface area contributed by atoms with Crippen molar-refractivity contribution < 1.29 is 9.72 Å². The van der Waals surface area contributed by atoms with Crippen LogP contribution < -0.4 is 16.0 Å². The van der Waals surface area contributed by atoms with E-state index in [1.807, 2.05) is 4.90 Å². The van der Waals surface area contributed by atoms with Gasteiger partial charge in [0.25, 0.3) is 0 Å². The number of carbonyl (C=O) groups is 1. The molecule has 0 aromatic heterocycles. The number of hydrogen-bond donors (Lipinski definition) is 2. The fourth-order valence-electron chi connectivity index (χ4n) is 2.62. The molecule has 1 saturated heterocycles. The minimum atomic E-state index is -0.464. The molecule has 7 nitrogen and oxygen atoms in total. The number of piperidine rings is 1. The second kappa shape index (κ2) is 5.77. The molecule has 1 aliphatic rings. The fourth-order valence-corrected chi connectivity index (χ4v) is 2.62. The highest BCUT2D eigenvalue weighted by Crippen LogP contribution is 2.35. The number of nitrogens with two attached hydrogens (primary N) is 1. The molecule has 1 amide bonds. The lowest BCUT2D eigenvalue weighted by molar-refractivity contribution is -0.383. The Labute approximate surface area is 116 Å². The van der Waals surface area contributed by atoms with Crippen molar-refractivity contribution in [2.24, 2.45) is 5.92 Å². The Morgan fingerprint density at radius 1 is 1.55 bits per heavy atom. The average Bonchev–Trinajstić information content (AvgIpc) is 2.45. The number of nitrogens with zero attached hydrogens (tertiary/aromatic N) is 2. The van der Waals surface area contributed by atoms with E-state index in [1.54, 1.807) is 19.2 Å². The molecule has 7 heteroatoms. The standard InChI is InChI=1S/C13H18N4O3/c1-15-13(18)9-4-3-7-16(8-9)11-6-2-5-10(14)12(11)17(19)20/h2,5-6,9H,3-4,7-8,14H2,1H3,(H,15,18). The summed E-state index contributed by atoms with van der Waals surface area (Å²) in [5, 5.41) is 13.8. The molecule has 1 aliphatic heterocycles. The first-order chi connectivity index (χ1) is 9.54. The summed E-state index contributed by atoms with van der Waals surface area (Å²) in [7, 11) is 1.60. The number of carbonyl (C=O) groups excluding carboxylic acids is 1. The Bertz CT molecular complexity index is 532. The Morgan fingerprint density at radius 3 is 2.95 bits per heavy atom. The molecule has 20 heavy (non-hydrogen) atoms. The summed E-state index contributed by atoms with van der Waals surface area (Å²) in [4.78, 5) is 24.3. The number of para-hydroxylation sites is 1. The Balaban J connectivity index is 2.30. The Morgan fingerprint density at radius 2 is 2.30 bits per heavy atom. The van der Waals surface area contributed by atoms with Gasteiger partial charge in [0.05, 0.1) is 10.8 Å². The highest BCUT2D eigenvalue weighted by atomic mass is 16.6. The van der Waals surface area contributed by atoms with Crippen molar-refractivity contribution in [1.29, 1.82) is 0 Å². The summed E-state index contributed by atoms with van der Waals surface area (Å²) in [6.07, 6.45) is 1.62. The molecule has 1 unspecified atom stereocenters. The van der Waals surface area contributed by atoms with E-state index in [0.29, 0.717) is 18.8 Å². The van der Waals surface area contributed by atoms with E-state index in [4.69, 9.17) is 5.73 Å². The lowest BCUT2D eigenvalue weighted by Crippen LogP contribution is -2.42. The number of nitrogens with one attached hydrogen (secondary N) is 1. The minimum Gasteiger partial charge on any atom is -0.393 e. The monoisotopic (exact) mass is 278 g/mol. The maximum absolute atomic E-state index is 11.7. The summed E-state index contributed by atoms with van der Waals surface area (Å²) in [5.41, 5.74) is 6.26. The lowest BCUT2D eigenvalue weighted by Gasteiger charge is -2.33. The largest absolute Gasteiger partial charge is 0.393 e. The fraction of sp³-hybridized carbons (Fsp3) is 0.462. The summed E-state index contributed by atoms with van der Waals surface area (Å²) in [6, 6.07) is 4.89. The molecular formula is C13H18N4O3. The molecule has 1 atom stereocenters. The van der Waals surface area contributed by atoms with Crippen LogP contribution in [0, 0.1) is 16.0 Å². The first-order valence-corrected chi connectivity index (χ1v) is 6.54. The SMILES string of the molecule is CNC(=O)C1CCCN(c2cccc(N)c2[N+](=O)[O-])C1. The van der Waals surface area contributed by atoms with E-state index >= 15 is 0 Å². The van der Waals surface area contributed by atoms with Gasteiger partial charge in [-0.1, -0.05) is 6.07 Å². The van der Waals surface area contributed by atoms with Gasteiger partial charge in [0.15, 0.2) is 0 Å². The molecule has 0 bridgehead atoms. The van der Waals surface area contributed by atoms with E-state index in [-0.39, 0.29) is 23.2 Å². The molecule has 0 radical (unpaired) electrons. The summed E-state index contributed by atoms with van der Waals surface area (Å²) in [6.45, 7) is 1.17. The Hall–Kier alpha value is -2.31. The molecular weight excluding hydrogens is 260 g/mol. The van der Waals surface area contributed by atoms with E-state index in [2.05, 4.69) is 5.32 Å². The van der Waals surface area contributed by atoms with E-state index in [0.717, 1.165) is 12.8 Å². The molecule has 0 spiro atoms. The minimum absolute atomic E-state index is 0.0266. The van der Waals surface area contributed by atoms with Crippen LogP contribution in [-0.2, 0) is 4.79 Å². The number of anilines is 2. The van der Waals surface area contributed by atoms with Crippen LogP contribution in [0.25, 0.3) is 0 Å². The van der Waals surface area contributed by atoms with Gasteiger partial charge in [-0.3, -0.25) is 14.9 Å². The second-order valence-electron chi connectivity index (χ2n) is 4.87. The van der Waals surface area contributed by atoms with Gasteiger partial charge in [-0.2, -0.15) is 0 Å². The maximum atomic E-state index is 11.7. The van der Waals surface area contributed by atoms with Gasteiger partial charge in [0, 0.05) is 20.1 Å². The zero-order valence-corrected chi connectivity index (χ0v) is 11.3. The first kappa shape index (κ1) is 14.1. The lowest BCUT2D eigenvalue weighted by atomic mass is 9.96. The highest BCUT2D eigenvalue weighted by molar-refractivity contribution is 5.80. The zero-order chi connectivity index (χ0) is 14.7. The smallest absolute Gasteiger partial charge is 0.315 e. The number of nitro groups is 1. The van der Waals surface area contributed by atoms with Crippen molar-refractivity contribution in [3.8, 4) is 0 Å². The third-order valence-corrected chi connectivity index (χ3v) is 3.61. The van der Waals surface area contributed by atoms with Crippen molar-refractivity contribution >= 4 is 23.0 Å². The number of hydrogen-bond acceptors (Lipinski definition) is 5. The molecule has 2 rings (SSSR count). The molecule has 1 aromatic carbocycles. The molecule has 1 fully saturated rings. The van der Waals surface area contributed by atoms with Crippen molar-refractivity contribution in [3.63, 3.8) is 0 Å². The zero-order valence-electron chi connectivity index (χ0n) is 11.3. The molecule has 1 aromatic rings.